The fraction of sp³-hybridized carbons (Fsp3) is 0.0182. The number of hydrogen-bond acceptors (Lipinski definition) is 2. The van der Waals surface area contributed by atoms with Gasteiger partial charge in [-0.25, -0.2) is 0 Å². The molecule has 10 aromatic rings. The van der Waals surface area contributed by atoms with Gasteiger partial charge in [-0.05, 0) is 92.0 Å². The predicted octanol–water partition coefficient (Wildman–Crippen LogP) is 14.8. The van der Waals surface area contributed by atoms with Crippen LogP contribution in [-0.4, -0.2) is 0 Å². The van der Waals surface area contributed by atoms with Crippen molar-refractivity contribution in [2.45, 2.75) is 5.41 Å². The molecular formula is C55H37NO. The first-order chi connectivity index (χ1) is 28.3. The molecule has 2 heteroatoms. The number of anilines is 3. The number of rotatable bonds is 7. The summed E-state index contributed by atoms with van der Waals surface area (Å²) in [6.07, 6.45) is 0. The van der Waals surface area contributed by atoms with Crippen molar-refractivity contribution in [3.8, 4) is 33.4 Å². The second kappa shape index (κ2) is 13.4. The molecular weight excluding hydrogens is 691 g/mol. The van der Waals surface area contributed by atoms with Gasteiger partial charge in [-0.1, -0.05) is 188 Å². The average molecular weight is 728 g/mol. The molecule has 2 nitrogen and oxygen atoms in total. The Balaban J connectivity index is 1.16. The monoisotopic (exact) mass is 727 g/mol. The van der Waals surface area contributed by atoms with E-state index < -0.39 is 5.41 Å². The first-order valence-corrected chi connectivity index (χ1v) is 19.6. The van der Waals surface area contributed by atoms with Crippen molar-refractivity contribution in [3.05, 3.63) is 247 Å². The van der Waals surface area contributed by atoms with E-state index in [9.17, 15) is 0 Å². The van der Waals surface area contributed by atoms with E-state index in [0.29, 0.717) is 0 Å². The average Bonchev–Trinajstić information content (AvgIpc) is 3.82. The van der Waals surface area contributed by atoms with Gasteiger partial charge in [0.05, 0.1) is 11.1 Å². The Morgan fingerprint density at radius 1 is 0.351 bits per heavy atom. The fourth-order valence-corrected chi connectivity index (χ4v) is 9.20. The van der Waals surface area contributed by atoms with Crippen LogP contribution < -0.4 is 4.90 Å². The zero-order chi connectivity index (χ0) is 37.8. The first kappa shape index (κ1) is 33.0. The summed E-state index contributed by atoms with van der Waals surface area (Å²) in [6, 6.07) is 81.2. The molecule has 1 atom stereocenters. The van der Waals surface area contributed by atoms with E-state index in [1.165, 1.54) is 55.6 Å². The van der Waals surface area contributed by atoms with Crippen molar-refractivity contribution >= 4 is 39.0 Å². The maximum absolute atomic E-state index is 6.73. The third-order valence-electron chi connectivity index (χ3n) is 11.8. The molecule has 0 aliphatic heterocycles. The van der Waals surface area contributed by atoms with Crippen molar-refractivity contribution in [1.82, 2.24) is 0 Å². The van der Waals surface area contributed by atoms with Gasteiger partial charge in [-0.2, -0.15) is 0 Å². The van der Waals surface area contributed by atoms with E-state index >= 15 is 0 Å². The van der Waals surface area contributed by atoms with Crippen molar-refractivity contribution in [2.24, 2.45) is 0 Å². The molecule has 0 bridgehead atoms. The number of hydrogen-bond donors (Lipinski definition) is 0. The molecule has 11 rings (SSSR count). The van der Waals surface area contributed by atoms with Gasteiger partial charge >= 0.3 is 0 Å². The van der Waals surface area contributed by atoms with Gasteiger partial charge in [-0.3, -0.25) is 0 Å². The molecule has 0 amide bonds. The van der Waals surface area contributed by atoms with Crippen LogP contribution >= 0.6 is 0 Å². The van der Waals surface area contributed by atoms with Gasteiger partial charge in [0.1, 0.15) is 5.58 Å². The molecule has 9 aromatic carbocycles. The van der Waals surface area contributed by atoms with E-state index in [4.69, 9.17) is 4.42 Å². The van der Waals surface area contributed by atoms with Crippen LogP contribution in [0.2, 0.25) is 0 Å². The van der Waals surface area contributed by atoms with E-state index in [0.717, 1.165) is 39.0 Å². The van der Waals surface area contributed by atoms with Crippen LogP contribution in [0.5, 0.6) is 0 Å². The zero-order valence-electron chi connectivity index (χ0n) is 31.2. The van der Waals surface area contributed by atoms with Gasteiger partial charge in [-0.15, -0.1) is 0 Å². The van der Waals surface area contributed by atoms with E-state index in [1.807, 2.05) is 6.07 Å². The highest BCUT2D eigenvalue weighted by molar-refractivity contribution is 6.10. The fourth-order valence-electron chi connectivity index (χ4n) is 9.20. The summed E-state index contributed by atoms with van der Waals surface area (Å²) in [5, 5.41) is 2.21. The topological polar surface area (TPSA) is 16.4 Å². The smallest absolute Gasteiger partial charge is 0.159 e. The largest absolute Gasteiger partial charge is 0.454 e. The molecule has 0 fully saturated rings. The minimum absolute atomic E-state index is 0.563. The maximum atomic E-state index is 6.73. The molecule has 0 N–H and O–H groups in total. The van der Waals surface area contributed by atoms with Crippen LogP contribution in [0.1, 0.15) is 22.3 Å². The number of para-hydroxylation sites is 2. The third-order valence-corrected chi connectivity index (χ3v) is 11.8. The Hall–Kier alpha value is -7.42. The predicted molar refractivity (Wildman–Crippen MR) is 237 cm³/mol. The summed E-state index contributed by atoms with van der Waals surface area (Å²) in [7, 11) is 0. The van der Waals surface area contributed by atoms with Crippen molar-refractivity contribution in [2.75, 3.05) is 4.90 Å². The number of furan rings is 1. The lowest BCUT2D eigenvalue weighted by Crippen LogP contribution is -2.28. The molecule has 0 spiro atoms. The van der Waals surface area contributed by atoms with Crippen LogP contribution in [0, 0.1) is 0 Å². The van der Waals surface area contributed by atoms with Crippen LogP contribution in [0.3, 0.4) is 0 Å². The molecule has 1 heterocycles. The molecule has 1 aromatic heterocycles. The van der Waals surface area contributed by atoms with Gasteiger partial charge in [0.25, 0.3) is 0 Å². The maximum Gasteiger partial charge on any atom is 0.159 e. The highest BCUT2D eigenvalue weighted by Crippen LogP contribution is 2.57. The molecule has 1 unspecified atom stereocenters. The lowest BCUT2D eigenvalue weighted by Gasteiger charge is -2.35. The molecule has 57 heavy (non-hydrogen) atoms. The number of nitrogens with zero attached hydrogens (tertiary/aromatic N) is 1. The second-order valence-corrected chi connectivity index (χ2v) is 14.8. The minimum atomic E-state index is -0.563. The highest BCUT2D eigenvalue weighted by Gasteiger charge is 2.46. The molecule has 0 saturated carbocycles. The summed E-state index contributed by atoms with van der Waals surface area (Å²) in [5.74, 6) is 0. The van der Waals surface area contributed by atoms with Gasteiger partial charge in [0.2, 0.25) is 0 Å². The molecule has 1 aliphatic rings. The summed E-state index contributed by atoms with van der Waals surface area (Å²) < 4.78 is 6.73. The van der Waals surface area contributed by atoms with Crippen LogP contribution in [0.15, 0.2) is 229 Å². The molecule has 268 valence electrons. The van der Waals surface area contributed by atoms with Gasteiger partial charge in [0.15, 0.2) is 5.58 Å². The van der Waals surface area contributed by atoms with Crippen LogP contribution in [-0.2, 0) is 5.41 Å². The quantitative estimate of drug-likeness (QED) is 0.163. The summed E-state index contributed by atoms with van der Waals surface area (Å²) in [6.45, 7) is 0. The molecule has 0 radical (unpaired) electrons. The standard InChI is InChI=1S/C55H37NO/c1-4-15-38(16-5-1)40-27-31-43(32-28-40)55(42-19-8-3-9-20-42)50-24-12-10-21-46(50)47-36-35-45(37-51(47)55)56(44-33-29-41(30-34-44)39-17-6-2-7-18-39)52-25-14-23-49-48-22-11-13-26-53(48)57-54(49)52/h1-37H. The second-order valence-electron chi connectivity index (χ2n) is 14.8. The lowest BCUT2D eigenvalue weighted by atomic mass is 9.67. The number of benzene rings is 9. The van der Waals surface area contributed by atoms with Crippen LogP contribution in [0.4, 0.5) is 17.1 Å². The molecule has 0 saturated heterocycles. The Morgan fingerprint density at radius 3 is 1.60 bits per heavy atom. The SMILES string of the molecule is c1ccc(-c2ccc(N(c3ccc4c(c3)C(c3ccccc3)(c3ccc(-c5ccccc5)cc3)c3ccccc3-4)c3cccc4c3oc3ccccc34)cc2)cc1. The summed E-state index contributed by atoms with van der Waals surface area (Å²) in [4.78, 5) is 2.37. The Bertz CT molecular complexity index is 3040. The highest BCUT2D eigenvalue weighted by atomic mass is 16.3. The van der Waals surface area contributed by atoms with Crippen molar-refractivity contribution < 1.29 is 4.42 Å². The van der Waals surface area contributed by atoms with E-state index in [-0.39, 0.29) is 0 Å². The lowest BCUT2D eigenvalue weighted by molar-refractivity contribution is 0.669. The van der Waals surface area contributed by atoms with E-state index in [1.54, 1.807) is 0 Å². The third kappa shape index (κ3) is 5.26. The minimum Gasteiger partial charge on any atom is -0.454 e. The van der Waals surface area contributed by atoms with E-state index in [2.05, 4.69) is 223 Å². The Kier molecular flexibility index (Phi) is 7.75. The Morgan fingerprint density at radius 2 is 0.877 bits per heavy atom. The van der Waals surface area contributed by atoms with Gasteiger partial charge in [0, 0.05) is 22.1 Å². The van der Waals surface area contributed by atoms with Crippen LogP contribution in [0.25, 0.3) is 55.3 Å². The summed E-state index contributed by atoms with van der Waals surface area (Å²) >= 11 is 0. The number of fused-ring (bicyclic) bond motifs is 6. The normalized spacial score (nSPS) is 14.4. The van der Waals surface area contributed by atoms with Crippen molar-refractivity contribution in [1.29, 1.82) is 0 Å². The van der Waals surface area contributed by atoms with Crippen molar-refractivity contribution in [3.63, 3.8) is 0 Å². The zero-order valence-corrected chi connectivity index (χ0v) is 31.2. The van der Waals surface area contributed by atoms with Gasteiger partial charge < -0.3 is 9.32 Å². The first-order valence-electron chi connectivity index (χ1n) is 19.6. The Labute approximate surface area is 332 Å². The summed E-state index contributed by atoms with van der Waals surface area (Å²) in [5.41, 5.74) is 16.6. The molecule has 1 aliphatic carbocycles.